The number of ether oxygens (including phenoxy) is 1. The Labute approximate surface area is 95.0 Å². The Kier molecular flexibility index (Phi) is 6.32. The van der Waals surface area contributed by atoms with E-state index < -0.39 is 6.10 Å². The quantitative estimate of drug-likeness (QED) is 0.435. The lowest BCUT2D eigenvalue weighted by molar-refractivity contribution is -0.121. The third-order valence-electron chi connectivity index (χ3n) is 2.46. The molecule has 1 rings (SSSR count). The Hall–Kier alpha value is -0.690. The van der Waals surface area contributed by atoms with Crippen molar-refractivity contribution in [3.8, 4) is 0 Å². The summed E-state index contributed by atoms with van der Waals surface area (Å²) < 4.78 is 5.18. The lowest BCUT2D eigenvalue weighted by Gasteiger charge is -2.23. The van der Waals surface area contributed by atoms with Crippen molar-refractivity contribution < 1.29 is 19.7 Å². The van der Waals surface area contributed by atoms with E-state index in [0.717, 1.165) is 12.8 Å². The molecule has 1 saturated heterocycles. The summed E-state index contributed by atoms with van der Waals surface area (Å²) in [4.78, 5) is 11.4. The molecule has 0 aromatic rings. The molecule has 16 heavy (non-hydrogen) atoms. The Morgan fingerprint density at radius 1 is 1.44 bits per heavy atom. The van der Waals surface area contributed by atoms with E-state index in [2.05, 4.69) is 10.6 Å². The highest BCUT2D eigenvalue weighted by atomic mass is 16.5. The molecule has 6 nitrogen and oxygen atoms in total. The standard InChI is InChI=1S/C10H20N2O4/c13-7-9(14)5-11-6-10(15)12-8-1-3-16-4-2-8/h8-9,11,13-14H,1-7H2,(H,12,15). The molecule has 6 heteroatoms. The van der Waals surface area contributed by atoms with Crippen LogP contribution in [0.15, 0.2) is 0 Å². The van der Waals surface area contributed by atoms with E-state index in [0.29, 0.717) is 13.2 Å². The second-order valence-electron chi connectivity index (χ2n) is 3.92. The monoisotopic (exact) mass is 232 g/mol. The molecule has 0 spiro atoms. The van der Waals surface area contributed by atoms with E-state index in [1.807, 2.05) is 0 Å². The zero-order chi connectivity index (χ0) is 11.8. The van der Waals surface area contributed by atoms with Gasteiger partial charge in [0.25, 0.3) is 0 Å². The number of hydrogen-bond acceptors (Lipinski definition) is 5. The van der Waals surface area contributed by atoms with E-state index in [1.54, 1.807) is 0 Å². The molecular formula is C10H20N2O4. The first-order valence-electron chi connectivity index (χ1n) is 5.59. The third-order valence-corrected chi connectivity index (χ3v) is 2.46. The van der Waals surface area contributed by atoms with Gasteiger partial charge < -0.3 is 25.6 Å². The number of carbonyl (C=O) groups excluding carboxylic acids is 1. The predicted octanol–water partition coefficient (Wildman–Crippen LogP) is -1.78. The summed E-state index contributed by atoms with van der Waals surface area (Å²) in [5.74, 6) is -0.0861. The van der Waals surface area contributed by atoms with Crippen LogP contribution in [0.4, 0.5) is 0 Å². The molecule has 1 fully saturated rings. The molecule has 1 atom stereocenters. The van der Waals surface area contributed by atoms with Gasteiger partial charge in [0.15, 0.2) is 0 Å². The molecule has 1 unspecified atom stereocenters. The summed E-state index contributed by atoms with van der Waals surface area (Å²) >= 11 is 0. The molecule has 1 amide bonds. The maximum atomic E-state index is 11.4. The second kappa shape index (κ2) is 7.56. The van der Waals surface area contributed by atoms with Crippen LogP contribution in [-0.4, -0.2) is 61.2 Å². The first kappa shape index (κ1) is 13.4. The molecule has 0 bridgehead atoms. The molecule has 0 aliphatic carbocycles. The fraction of sp³-hybridized carbons (Fsp3) is 0.900. The van der Waals surface area contributed by atoms with Gasteiger partial charge in [0, 0.05) is 25.8 Å². The molecule has 1 aliphatic heterocycles. The van der Waals surface area contributed by atoms with Gasteiger partial charge in [-0.1, -0.05) is 0 Å². The van der Waals surface area contributed by atoms with Crippen LogP contribution in [0, 0.1) is 0 Å². The van der Waals surface area contributed by atoms with E-state index in [4.69, 9.17) is 14.9 Å². The molecule has 1 aliphatic rings. The summed E-state index contributed by atoms with van der Waals surface area (Å²) in [5, 5.41) is 23.2. The van der Waals surface area contributed by atoms with Gasteiger partial charge >= 0.3 is 0 Å². The lowest BCUT2D eigenvalue weighted by Crippen LogP contribution is -2.44. The maximum Gasteiger partial charge on any atom is 0.234 e. The Bertz CT molecular complexity index is 207. The SMILES string of the molecule is O=C(CNCC(O)CO)NC1CCOCC1. The van der Waals surface area contributed by atoms with E-state index >= 15 is 0 Å². The van der Waals surface area contributed by atoms with Crippen LogP contribution in [0.25, 0.3) is 0 Å². The minimum absolute atomic E-state index is 0.0861. The van der Waals surface area contributed by atoms with Crippen LogP contribution >= 0.6 is 0 Å². The smallest absolute Gasteiger partial charge is 0.234 e. The van der Waals surface area contributed by atoms with E-state index in [1.165, 1.54) is 0 Å². The Morgan fingerprint density at radius 3 is 2.75 bits per heavy atom. The van der Waals surface area contributed by atoms with Crippen molar-refractivity contribution in [3.05, 3.63) is 0 Å². The summed E-state index contributed by atoms with van der Waals surface area (Å²) in [6, 6.07) is 0.200. The number of amides is 1. The molecule has 0 saturated carbocycles. The van der Waals surface area contributed by atoms with Gasteiger partial charge in [0.1, 0.15) is 0 Å². The highest BCUT2D eigenvalue weighted by Crippen LogP contribution is 2.05. The molecule has 0 aromatic carbocycles. The minimum atomic E-state index is -0.809. The van der Waals surface area contributed by atoms with Gasteiger partial charge in [-0.2, -0.15) is 0 Å². The Balaban J connectivity index is 2.05. The van der Waals surface area contributed by atoms with Crippen molar-refractivity contribution in [1.29, 1.82) is 0 Å². The highest BCUT2D eigenvalue weighted by Gasteiger charge is 2.15. The Morgan fingerprint density at radius 2 is 2.12 bits per heavy atom. The van der Waals surface area contributed by atoms with E-state index in [-0.39, 0.29) is 31.6 Å². The van der Waals surface area contributed by atoms with Crippen molar-refractivity contribution >= 4 is 5.91 Å². The van der Waals surface area contributed by atoms with Crippen LogP contribution < -0.4 is 10.6 Å². The van der Waals surface area contributed by atoms with Crippen molar-refractivity contribution in [1.82, 2.24) is 10.6 Å². The average Bonchev–Trinajstić information content (AvgIpc) is 2.30. The fourth-order valence-electron chi connectivity index (χ4n) is 1.54. The number of nitrogens with one attached hydrogen (secondary N) is 2. The normalized spacial score (nSPS) is 19.4. The molecule has 4 N–H and O–H groups in total. The second-order valence-corrected chi connectivity index (χ2v) is 3.92. The zero-order valence-electron chi connectivity index (χ0n) is 9.32. The number of carbonyl (C=O) groups is 1. The molecule has 1 heterocycles. The van der Waals surface area contributed by atoms with Gasteiger partial charge in [-0.3, -0.25) is 4.79 Å². The molecular weight excluding hydrogens is 212 g/mol. The third kappa shape index (κ3) is 5.41. The molecule has 94 valence electrons. The van der Waals surface area contributed by atoms with Crippen LogP contribution in [0.3, 0.4) is 0 Å². The van der Waals surface area contributed by atoms with Crippen molar-refractivity contribution in [2.45, 2.75) is 25.0 Å². The lowest BCUT2D eigenvalue weighted by atomic mass is 10.1. The van der Waals surface area contributed by atoms with Gasteiger partial charge in [0.05, 0.1) is 19.3 Å². The van der Waals surface area contributed by atoms with Gasteiger partial charge in [-0.15, -0.1) is 0 Å². The van der Waals surface area contributed by atoms with Crippen LogP contribution in [-0.2, 0) is 9.53 Å². The number of aliphatic hydroxyl groups is 2. The summed E-state index contributed by atoms with van der Waals surface area (Å²) in [6.07, 6.45) is 0.895. The minimum Gasteiger partial charge on any atom is -0.394 e. The van der Waals surface area contributed by atoms with Crippen molar-refractivity contribution in [2.75, 3.05) is 32.9 Å². The first-order valence-corrected chi connectivity index (χ1v) is 5.59. The molecule has 0 aromatic heterocycles. The number of hydrogen-bond donors (Lipinski definition) is 4. The van der Waals surface area contributed by atoms with Crippen LogP contribution in [0.5, 0.6) is 0 Å². The molecule has 0 radical (unpaired) electrons. The first-order chi connectivity index (χ1) is 7.72. The van der Waals surface area contributed by atoms with Crippen LogP contribution in [0.1, 0.15) is 12.8 Å². The maximum absolute atomic E-state index is 11.4. The van der Waals surface area contributed by atoms with Gasteiger partial charge in [-0.25, -0.2) is 0 Å². The topological polar surface area (TPSA) is 90.8 Å². The zero-order valence-corrected chi connectivity index (χ0v) is 9.32. The highest BCUT2D eigenvalue weighted by molar-refractivity contribution is 5.78. The van der Waals surface area contributed by atoms with E-state index in [9.17, 15) is 4.79 Å². The summed E-state index contributed by atoms with van der Waals surface area (Å²) in [5.41, 5.74) is 0. The van der Waals surface area contributed by atoms with Crippen molar-refractivity contribution in [3.63, 3.8) is 0 Å². The van der Waals surface area contributed by atoms with Gasteiger partial charge in [0.2, 0.25) is 5.91 Å². The van der Waals surface area contributed by atoms with Gasteiger partial charge in [-0.05, 0) is 12.8 Å². The predicted molar refractivity (Wildman–Crippen MR) is 57.9 cm³/mol. The fourth-order valence-corrected chi connectivity index (χ4v) is 1.54. The van der Waals surface area contributed by atoms with Crippen molar-refractivity contribution in [2.24, 2.45) is 0 Å². The summed E-state index contributed by atoms with van der Waals surface area (Å²) in [7, 11) is 0. The largest absolute Gasteiger partial charge is 0.394 e. The number of rotatable bonds is 6. The average molecular weight is 232 g/mol. The van der Waals surface area contributed by atoms with Crippen LogP contribution in [0.2, 0.25) is 0 Å². The summed E-state index contributed by atoms with van der Waals surface area (Å²) in [6.45, 7) is 1.48. The number of aliphatic hydroxyl groups excluding tert-OH is 2.